The topological polar surface area (TPSA) is 68.2 Å². The van der Waals surface area contributed by atoms with Crippen LogP contribution in [0.2, 0.25) is 0 Å². The highest BCUT2D eigenvalue weighted by Gasteiger charge is 2.16. The standard InChI is InChI=1S/C14H17N5OS/c1-9(2)15-8-11-13(21-14-18-17-10(3)20-14)16-12-6-4-5-7-19(11)12/h4-7,9,15H,8H2,1-3H3. The lowest BCUT2D eigenvalue weighted by molar-refractivity contribution is 0.429. The Kier molecular flexibility index (Phi) is 3.94. The molecule has 3 aromatic heterocycles. The van der Waals surface area contributed by atoms with Crippen LogP contribution in [0.3, 0.4) is 0 Å². The molecule has 6 nitrogen and oxygen atoms in total. The van der Waals surface area contributed by atoms with Gasteiger partial charge in [-0.3, -0.25) is 0 Å². The minimum absolute atomic E-state index is 0.405. The minimum Gasteiger partial charge on any atom is -0.416 e. The molecule has 0 fully saturated rings. The number of pyridine rings is 1. The highest BCUT2D eigenvalue weighted by molar-refractivity contribution is 7.99. The summed E-state index contributed by atoms with van der Waals surface area (Å²) in [4.78, 5) is 4.65. The van der Waals surface area contributed by atoms with Crippen molar-refractivity contribution in [3.8, 4) is 0 Å². The molecule has 0 saturated carbocycles. The first-order chi connectivity index (χ1) is 10.1. The van der Waals surface area contributed by atoms with Crippen molar-refractivity contribution in [1.82, 2.24) is 24.9 Å². The van der Waals surface area contributed by atoms with Crippen molar-refractivity contribution in [3.05, 3.63) is 36.0 Å². The average molecular weight is 303 g/mol. The molecule has 0 spiro atoms. The number of hydrogen-bond donors (Lipinski definition) is 1. The van der Waals surface area contributed by atoms with Crippen LogP contribution in [0.5, 0.6) is 0 Å². The van der Waals surface area contributed by atoms with Crippen LogP contribution >= 0.6 is 11.8 Å². The Morgan fingerprint density at radius 2 is 2.19 bits per heavy atom. The van der Waals surface area contributed by atoms with Crippen LogP contribution in [0.4, 0.5) is 0 Å². The highest BCUT2D eigenvalue weighted by atomic mass is 32.2. The molecule has 0 aromatic carbocycles. The number of hydrogen-bond acceptors (Lipinski definition) is 6. The van der Waals surface area contributed by atoms with Gasteiger partial charge in [-0.25, -0.2) is 4.98 Å². The van der Waals surface area contributed by atoms with Crippen LogP contribution in [0.25, 0.3) is 5.65 Å². The summed E-state index contributed by atoms with van der Waals surface area (Å²) >= 11 is 1.40. The molecule has 0 aliphatic heterocycles. The van der Waals surface area contributed by atoms with E-state index in [9.17, 15) is 0 Å². The molecule has 0 aliphatic rings. The van der Waals surface area contributed by atoms with Gasteiger partial charge in [0.25, 0.3) is 5.22 Å². The summed E-state index contributed by atoms with van der Waals surface area (Å²) in [7, 11) is 0. The van der Waals surface area contributed by atoms with Crippen LogP contribution in [0.15, 0.2) is 39.1 Å². The molecule has 7 heteroatoms. The fraction of sp³-hybridized carbons (Fsp3) is 0.357. The van der Waals surface area contributed by atoms with Crippen LogP contribution in [0, 0.1) is 6.92 Å². The van der Waals surface area contributed by atoms with E-state index < -0.39 is 0 Å². The van der Waals surface area contributed by atoms with Crippen molar-refractivity contribution in [2.75, 3.05) is 0 Å². The van der Waals surface area contributed by atoms with Crippen molar-refractivity contribution in [1.29, 1.82) is 0 Å². The van der Waals surface area contributed by atoms with E-state index in [0.29, 0.717) is 17.2 Å². The van der Waals surface area contributed by atoms with Gasteiger partial charge in [0.15, 0.2) is 0 Å². The third-order valence-electron chi connectivity index (χ3n) is 2.96. The molecule has 0 aliphatic carbocycles. The zero-order valence-corrected chi connectivity index (χ0v) is 13.0. The minimum atomic E-state index is 0.405. The number of rotatable bonds is 5. The molecular formula is C14H17N5OS. The summed E-state index contributed by atoms with van der Waals surface area (Å²) in [5.41, 5.74) is 2.01. The number of imidazole rings is 1. The number of nitrogens with zero attached hydrogens (tertiary/aromatic N) is 4. The third-order valence-corrected chi connectivity index (χ3v) is 3.82. The maximum Gasteiger partial charge on any atom is 0.282 e. The third kappa shape index (κ3) is 3.08. The summed E-state index contributed by atoms with van der Waals surface area (Å²) in [5, 5.41) is 12.7. The van der Waals surface area contributed by atoms with Gasteiger partial charge in [0.1, 0.15) is 10.7 Å². The van der Waals surface area contributed by atoms with Gasteiger partial charge >= 0.3 is 0 Å². The Balaban J connectivity index is 1.97. The van der Waals surface area contributed by atoms with Crippen molar-refractivity contribution < 1.29 is 4.42 Å². The second-order valence-electron chi connectivity index (χ2n) is 5.02. The zero-order chi connectivity index (χ0) is 14.8. The molecular weight excluding hydrogens is 286 g/mol. The fourth-order valence-electron chi connectivity index (χ4n) is 1.97. The van der Waals surface area contributed by atoms with Gasteiger partial charge in [-0.1, -0.05) is 19.9 Å². The summed E-state index contributed by atoms with van der Waals surface area (Å²) in [6, 6.07) is 6.37. The zero-order valence-electron chi connectivity index (χ0n) is 12.2. The first kappa shape index (κ1) is 14.1. The molecule has 0 amide bonds. The van der Waals surface area contributed by atoms with Gasteiger partial charge in [-0.2, -0.15) is 0 Å². The van der Waals surface area contributed by atoms with E-state index in [1.54, 1.807) is 6.92 Å². The maximum atomic E-state index is 5.44. The van der Waals surface area contributed by atoms with E-state index in [0.717, 1.165) is 22.9 Å². The fourth-order valence-corrected chi connectivity index (χ4v) is 2.81. The Hall–Kier alpha value is -1.86. The largest absolute Gasteiger partial charge is 0.416 e. The van der Waals surface area contributed by atoms with Crippen LogP contribution in [0.1, 0.15) is 25.4 Å². The molecule has 0 saturated heterocycles. The lowest BCUT2D eigenvalue weighted by atomic mass is 10.3. The van der Waals surface area contributed by atoms with E-state index >= 15 is 0 Å². The van der Waals surface area contributed by atoms with Gasteiger partial charge in [-0.15, -0.1) is 10.2 Å². The summed E-state index contributed by atoms with van der Waals surface area (Å²) in [6.07, 6.45) is 2.02. The molecule has 0 atom stereocenters. The average Bonchev–Trinajstić information content (AvgIpc) is 3.00. The van der Waals surface area contributed by atoms with E-state index in [1.807, 2.05) is 24.4 Å². The second kappa shape index (κ2) is 5.87. The van der Waals surface area contributed by atoms with E-state index in [4.69, 9.17) is 4.42 Å². The first-order valence-corrected chi connectivity index (χ1v) is 7.62. The molecule has 3 aromatic rings. The molecule has 21 heavy (non-hydrogen) atoms. The van der Waals surface area contributed by atoms with Gasteiger partial charge < -0.3 is 14.1 Å². The summed E-state index contributed by atoms with van der Waals surface area (Å²) < 4.78 is 7.52. The smallest absolute Gasteiger partial charge is 0.282 e. The van der Waals surface area contributed by atoms with E-state index in [2.05, 4.69) is 38.7 Å². The predicted octanol–water partition coefficient (Wildman–Crippen LogP) is 2.67. The SMILES string of the molecule is Cc1nnc(Sc2nc3ccccn3c2CNC(C)C)o1. The molecule has 1 N–H and O–H groups in total. The number of aromatic nitrogens is 4. The van der Waals surface area contributed by atoms with Gasteiger partial charge in [0, 0.05) is 25.7 Å². The van der Waals surface area contributed by atoms with Crippen LogP contribution < -0.4 is 5.32 Å². The summed E-state index contributed by atoms with van der Waals surface area (Å²) in [6.45, 7) is 6.76. The molecule has 0 radical (unpaired) electrons. The Morgan fingerprint density at radius 3 is 2.90 bits per heavy atom. The van der Waals surface area contributed by atoms with Gasteiger partial charge in [-0.05, 0) is 23.9 Å². The Morgan fingerprint density at radius 1 is 1.33 bits per heavy atom. The lowest BCUT2D eigenvalue weighted by Gasteiger charge is -2.08. The quantitative estimate of drug-likeness (QED) is 0.781. The van der Waals surface area contributed by atoms with Crippen molar-refractivity contribution in [3.63, 3.8) is 0 Å². The predicted molar refractivity (Wildman–Crippen MR) is 80.3 cm³/mol. The van der Waals surface area contributed by atoms with E-state index in [1.165, 1.54) is 11.8 Å². The normalized spacial score (nSPS) is 11.6. The Bertz CT molecular complexity index is 749. The van der Waals surface area contributed by atoms with Crippen LogP contribution in [-0.2, 0) is 6.54 Å². The maximum absolute atomic E-state index is 5.44. The monoisotopic (exact) mass is 303 g/mol. The van der Waals surface area contributed by atoms with Gasteiger partial charge in [0.05, 0.1) is 5.69 Å². The first-order valence-electron chi connectivity index (χ1n) is 6.81. The lowest BCUT2D eigenvalue weighted by Crippen LogP contribution is -2.23. The number of fused-ring (bicyclic) bond motifs is 1. The molecule has 0 unspecified atom stereocenters. The number of aryl methyl sites for hydroxylation is 1. The highest BCUT2D eigenvalue weighted by Crippen LogP contribution is 2.29. The van der Waals surface area contributed by atoms with Gasteiger partial charge in [0.2, 0.25) is 5.89 Å². The Labute approximate surface area is 127 Å². The summed E-state index contributed by atoms with van der Waals surface area (Å²) in [5.74, 6) is 0.558. The van der Waals surface area contributed by atoms with Crippen molar-refractivity contribution in [2.24, 2.45) is 0 Å². The molecule has 3 rings (SSSR count). The van der Waals surface area contributed by atoms with Crippen LogP contribution in [-0.4, -0.2) is 25.6 Å². The molecule has 0 bridgehead atoms. The second-order valence-corrected chi connectivity index (χ2v) is 5.96. The number of nitrogens with one attached hydrogen (secondary N) is 1. The molecule has 3 heterocycles. The van der Waals surface area contributed by atoms with Crippen molar-refractivity contribution >= 4 is 17.4 Å². The van der Waals surface area contributed by atoms with E-state index in [-0.39, 0.29) is 0 Å². The van der Waals surface area contributed by atoms with Crippen molar-refractivity contribution in [2.45, 2.75) is 43.6 Å². The molecule has 110 valence electrons.